The molecule has 1 unspecified atom stereocenters. The Balaban J connectivity index is 1.56. The van der Waals surface area contributed by atoms with E-state index in [2.05, 4.69) is 10.3 Å². The number of carbonyl (C=O) groups is 1. The van der Waals surface area contributed by atoms with E-state index in [1.807, 2.05) is 60.7 Å². The molecule has 150 valence electrons. The number of amides is 1. The highest BCUT2D eigenvalue weighted by Gasteiger charge is 2.23. The Labute approximate surface area is 180 Å². The lowest BCUT2D eigenvalue weighted by Gasteiger charge is -2.16. The summed E-state index contributed by atoms with van der Waals surface area (Å²) in [5, 5.41) is 4.34. The second kappa shape index (κ2) is 9.19. The minimum absolute atomic E-state index is 0.186. The molecular weight excluding hydrogens is 422 g/mol. The SMILES string of the molecule is O=C(Nc1nc(-c2ccc(F)cc2F)cs1)C(Sc1ccccc1)c1ccccc1. The molecule has 0 aliphatic rings. The molecule has 1 aromatic heterocycles. The number of thioether (sulfide) groups is 1. The highest BCUT2D eigenvalue weighted by Crippen LogP contribution is 2.36. The van der Waals surface area contributed by atoms with Gasteiger partial charge < -0.3 is 5.32 Å². The average Bonchev–Trinajstić information content (AvgIpc) is 3.21. The van der Waals surface area contributed by atoms with Gasteiger partial charge in [-0.15, -0.1) is 23.1 Å². The van der Waals surface area contributed by atoms with E-state index in [-0.39, 0.29) is 11.5 Å². The summed E-state index contributed by atoms with van der Waals surface area (Å²) >= 11 is 2.63. The molecular formula is C23H16F2N2OS2. The molecule has 1 atom stereocenters. The van der Waals surface area contributed by atoms with E-state index in [4.69, 9.17) is 0 Å². The van der Waals surface area contributed by atoms with Crippen LogP contribution in [-0.2, 0) is 4.79 Å². The van der Waals surface area contributed by atoms with Crippen LogP contribution >= 0.6 is 23.1 Å². The molecule has 30 heavy (non-hydrogen) atoms. The average molecular weight is 439 g/mol. The van der Waals surface area contributed by atoms with Crippen LogP contribution in [0.15, 0.2) is 89.1 Å². The van der Waals surface area contributed by atoms with Crippen molar-refractivity contribution in [3.63, 3.8) is 0 Å². The Morgan fingerprint density at radius 2 is 1.67 bits per heavy atom. The summed E-state index contributed by atoms with van der Waals surface area (Å²) in [6.07, 6.45) is 0. The van der Waals surface area contributed by atoms with Gasteiger partial charge >= 0.3 is 0 Å². The fourth-order valence-electron chi connectivity index (χ4n) is 2.86. The predicted octanol–water partition coefficient (Wildman–Crippen LogP) is 6.56. The van der Waals surface area contributed by atoms with Crippen molar-refractivity contribution < 1.29 is 13.6 Å². The number of halogens is 2. The molecule has 7 heteroatoms. The van der Waals surface area contributed by atoms with Crippen LogP contribution in [0.2, 0.25) is 0 Å². The Bertz CT molecular complexity index is 1150. The minimum Gasteiger partial charge on any atom is -0.301 e. The second-order valence-electron chi connectivity index (χ2n) is 6.37. The summed E-state index contributed by atoms with van der Waals surface area (Å²) < 4.78 is 27.2. The summed E-state index contributed by atoms with van der Waals surface area (Å²) in [5.41, 5.74) is 1.40. The maximum Gasteiger partial charge on any atom is 0.244 e. The van der Waals surface area contributed by atoms with Crippen molar-refractivity contribution in [2.75, 3.05) is 5.32 Å². The Hall–Kier alpha value is -3.03. The zero-order valence-corrected chi connectivity index (χ0v) is 17.2. The number of benzene rings is 3. The number of hydrogen-bond acceptors (Lipinski definition) is 4. The van der Waals surface area contributed by atoms with E-state index < -0.39 is 16.9 Å². The Morgan fingerprint density at radius 1 is 0.967 bits per heavy atom. The van der Waals surface area contributed by atoms with Crippen molar-refractivity contribution in [1.29, 1.82) is 0 Å². The Kier molecular flexibility index (Phi) is 6.21. The third-order valence-corrected chi connectivity index (χ3v) is 6.30. The van der Waals surface area contributed by atoms with Crippen LogP contribution in [0.25, 0.3) is 11.3 Å². The summed E-state index contributed by atoms with van der Waals surface area (Å²) in [6.45, 7) is 0. The fourth-order valence-corrected chi connectivity index (χ4v) is 4.62. The first-order chi connectivity index (χ1) is 14.6. The van der Waals surface area contributed by atoms with Crippen LogP contribution < -0.4 is 5.32 Å². The van der Waals surface area contributed by atoms with E-state index in [1.165, 1.54) is 35.2 Å². The molecule has 1 heterocycles. The van der Waals surface area contributed by atoms with E-state index in [9.17, 15) is 13.6 Å². The van der Waals surface area contributed by atoms with Crippen LogP contribution in [0.4, 0.5) is 13.9 Å². The second-order valence-corrected chi connectivity index (χ2v) is 8.41. The molecule has 4 aromatic rings. The van der Waals surface area contributed by atoms with Crippen LogP contribution in [0.5, 0.6) is 0 Å². The summed E-state index contributed by atoms with van der Waals surface area (Å²) in [5.74, 6) is -1.57. The number of thiazole rings is 1. The van der Waals surface area contributed by atoms with Gasteiger partial charge in [0.25, 0.3) is 0 Å². The largest absolute Gasteiger partial charge is 0.301 e. The molecule has 0 bridgehead atoms. The molecule has 0 aliphatic heterocycles. The van der Waals surface area contributed by atoms with Crippen LogP contribution in [0.3, 0.4) is 0 Å². The third-order valence-electron chi connectivity index (χ3n) is 4.28. The van der Waals surface area contributed by atoms with Gasteiger partial charge in [-0.25, -0.2) is 13.8 Å². The number of nitrogens with one attached hydrogen (secondary N) is 1. The summed E-state index contributed by atoms with van der Waals surface area (Å²) in [4.78, 5) is 18.4. The zero-order valence-electron chi connectivity index (χ0n) is 15.6. The van der Waals surface area contributed by atoms with Crippen molar-refractivity contribution in [2.24, 2.45) is 0 Å². The standard InChI is InChI=1S/C23H16F2N2OS2/c24-16-11-12-18(19(25)13-16)20-14-29-23(26-20)27-22(28)21(15-7-3-1-4-8-15)30-17-9-5-2-6-10-17/h1-14,21H,(H,26,27,28). The summed E-state index contributed by atoms with van der Waals surface area (Å²) in [7, 11) is 0. The van der Waals surface area contributed by atoms with Crippen molar-refractivity contribution in [1.82, 2.24) is 4.98 Å². The minimum atomic E-state index is -0.694. The number of nitrogens with zero attached hydrogens (tertiary/aromatic N) is 1. The first-order valence-corrected chi connectivity index (χ1v) is 10.8. The molecule has 4 rings (SSSR count). The van der Waals surface area contributed by atoms with E-state index in [0.717, 1.165) is 16.5 Å². The van der Waals surface area contributed by atoms with Gasteiger partial charge in [0.15, 0.2) is 5.13 Å². The first kappa shape index (κ1) is 20.3. The molecule has 0 saturated carbocycles. The topological polar surface area (TPSA) is 42.0 Å². The number of hydrogen-bond donors (Lipinski definition) is 1. The van der Waals surface area contributed by atoms with Crippen molar-refractivity contribution in [3.05, 3.63) is 101 Å². The lowest BCUT2D eigenvalue weighted by atomic mass is 10.1. The number of rotatable bonds is 6. The number of anilines is 1. The smallest absolute Gasteiger partial charge is 0.244 e. The van der Waals surface area contributed by atoms with Crippen molar-refractivity contribution in [2.45, 2.75) is 10.1 Å². The fraction of sp³-hybridized carbons (Fsp3) is 0.0435. The number of carbonyl (C=O) groups excluding carboxylic acids is 1. The maximum absolute atomic E-state index is 14.0. The maximum atomic E-state index is 14.0. The monoisotopic (exact) mass is 438 g/mol. The van der Waals surface area contributed by atoms with Gasteiger partial charge in [0.05, 0.1) is 5.69 Å². The van der Waals surface area contributed by atoms with Gasteiger partial charge in [0.1, 0.15) is 16.9 Å². The molecule has 3 aromatic carbocycles. The van der Waals surface area contributed by atoms with Gasteiger partial charge in [0, 0.05) is 21.9 Å². The van der Waals surface area contributed by atoms with Crippen LogP contribution in [0, 0.1) is 11.6 Å². The zero-order chi connectivity index (χ0) is 20.9. The first-order valence-electron chi connectivity index (χ1n) is 9.08. The van der Waals surface area contributed by atoms with Crippen molar-refractivity contribution in [3.8, 4) is 11.3 Å². The molecule has 0 radical (unpaired) electrons. The molecule has 0 spiro atoms. The van der Waals surface area contributed by atoms with Gasteiger partial charge in [-0.3, -0.25) is 4.79 Å². The quantitative estimate of drug-likeness (QED) is 0.347. The van der Waals surface area contributed by atoms with Gasteiger partial charge in [-0.2, -0.15) is 0 Å². The molecule has 1 amide bonds. The van der Waals surface area contributed by atoms with E-state index >= 15 is 0 Å². The normalized spacial score (nSPS) is 11.8. The molecule has 0 aliphatic carbocycles. The van der Waals surface area contributed by atoms with E-state index in [0.29, 0.717) is 10.8 Å². The van der Waals surface area contributed by atoms with Gasteiger partial charge in [0.2, 0.25) is 5.91 Å². The van der Waals surface area contributed by atoms with Gasteiger partial charge in [-0.1, -0.05) is 48.5 Å². The highest BCUT2D eigenvalue weighted by molar-refractivity contribution is 8.00. The number of aromatic nitrogens is 1. The van der Waals surface area contributed by atoms with Gasteiger partial charge in [-0.05, 0) is 29.8 Å². The summed E-state index contributed by atoms with van der Waals surface area (Å²) in [6, 6.07) is 22.5. The molecule has 1 N–H and O–H groups in total. The lowest BCUT2D eigenvalue weighted by Crippen LogP contribution is -2.18. The van der Waals surface area contributed by atoms with Crippen LogP contribution in [-0.4, -0.2) is 10.9 Å². The Morgan fingerprint density at radius 3 is 2.37 bits per heavy atom. The predicted molar refractivity (Wildman–Crippen MR) is 118 cm³/mol. The van der Waals surface area contributed by atoms with E-state index in [1.54, 1.807) is 5.38 Å². The van der Waals surface area contributed by atoms with Crippen molar-refractivity contribution >= 4 is 34.1 Å². The molecule has 3 nitrogen and oxygen atoms in total. The van der Waals surface area contributed by atoms with Crippen LogP contribution in [0.1, 0.15) is 10.8 Å². The molecule has 0 saturated heterocycles. The lowest BCUT2D eigenvalue weighted by molar-refractivity contribution is -0.115. The molecule has 0 fully saturated rings. The third kappa shape index (κ3) is 4.75. The highest BCUT2D eigenvalue weighted by atomic mass is 32.2.